The van der Waals surface area contributed by atoms with Crippen LogP contribution >= 0.6 is 11.3 Å². The van der Waals surface area contributed by atoms with Crippen LogP contribution in [0.25, 0.3) is 0 Å². The molecular formula is C14H12FN3OS. The average molecular weight is 289 g/mol. The molecular weight excluding hydrogens is 277 g/mol. The van der Waals surface area contributed by atoms with E-state index in [1.807, 2.05) is 16.1 Å². The molecule has 0 saturated heterocycles. The largest absolute Gasteiger partial charge is 0.486 e. The fourth-order valence-electron chi connectivity index (χ4n) is 1.73. The van der Waals surface area contributed by atoms with E-state index in [0.717, 1.165) is 10.7 Å². The smallest absolute Gasteiger partial charge is 0.140 e. The summed E-state index contributed by atoms with van der Waals surface area (Å²) in [6, 6.07) is 5.97. The molecule has 6 heteroatoms. The molecule has 2 aromatic heterocycles. The molecule has 0 atom stereocenters. The van der Waals surface area contributed by atoms with Crippen LogP contribution in [0.3, 0.4) is 0 Å². The van der Waals surface area contributed by atoms with E-state index in [-0.39, 0.29) is 5.82 Å². The van der Waals surface area contributed by atoms with Gasteiger partial charge in [0.25, 0.3) is 0 Å². The second-order valence-electron chi connectivity index (χ2n) is 4.21. The van der Waals surface area contributed by atoms with E-state index in [1.165, 1.54) is 12.1 Å². The maximum absolute atomic E-state index is 12.8. The van der Waals surface area contributed by atoms with Crippen LogP contribution in [0.15, 0.2) is 48.4 Å². The lowest BCUT2D eigenvalue weighted by Crippen LogP contribution is -1.99. The molecule has 0 fully saturated rings. The SMILES string of the molecule is Fc1ccc(OCc2nc(Cn3ccnc3)cs2)cc1. The molecule has 0 aliphatic rings. The number of hydrogen-bond donors (Lipinski definition) is 0. The number of imidazole rings is 1. The van der Waals surface area contributed by atoms with Crippen molar-refractivity contribution < 1.29 is 9.13 Å². The predicted octanol–water partition coefficient (Wildman–Crippen LogP) is 3.11. The van der Waals surface area contributed by atoms with Gasteiger partial charge in [-0.15, -0.1) is 11.3 Å². The average Bonchev–Trinajstić information content (AvgIpc) is 3.11. The van der Waals surface area contributed by atoms with E-state index in [4.69, 9.17) is 4.74 Å². The van der Waals surface area contributed by atoms with Gasteiger partial charge in [0.1, 0.15) is 23.2 Å². The lowest BCUT2D eigenvalue weighted by Gasteiger charge is -2.03. The number of aromatic nitrogens is 3. The summed E-state index contributed by atoms with van der Waals surface area (Å²) in [6.07, 6.45) is 5.40. The summed E-state index contributed by atoms with van der Waals surface area (Å²) in [6.45, 7) is 1.09. The molecule has 0 bridgehead atoms. The van der Waals surface area contributed by atoms with Gasteiger partial charge in [0.2, 0.25) is 0 Å². The van der Waals surface area contributed by atoms with Crippen molar-refractivity contribution in [3.8, 4) is 5.75 Å². The molecule has 3 rings (SSSR count). The summed E-state index contributed by atoms with van der Waals surface area (Å²) >= 11 is 1.55. The highest BCUT2D eigenvalue weighted by molar-refractivity contribution is 7.09. The predicted molar refractivity (Wildman–Crippen MR) is 74.2 cm³/mol. The van der Waals surface area contributed by atoms with Gasteiger partial charge < -0.3 is 9.30 Å². The minimum atomic E-state index is -0.269. The van der Waals surface area contributed by atoms with Crippen LogP contribution in [-0.2, 0) is 13.2 Å². The third-order valence-electron chi connectivity index (χ3n) is 2.68. The number of benzene rings is 1. The number of thiazole rings is 1. The van der Waals surface area contributed by atoms with E-state index < -0.39 is 0 Å². The summed E-state index contributed by atoms with van der Waals surface area (Å²) < 4.78 is 20.3. The van der Waals surface area contributed by atoms with Crippen molar-refractivity contribution in [2.45, 2.75) is 13.2 Å². The van der Waals surface area contributed by atoms with Crippen molar-refractivity contribution in [3.63, 3.8) is 0 Å². The summed E-state index contributed by atoms with van der Waals surface area (Å²) in [5.41, 5.74) is 0.978. The van der Waals surface area contributed by atoms with Crippen molar-refractivity contribution in [2.24, 2.45) is 0 Å². The molecule has 0 aliphatic heterocycles. The maximum atomic E-state index is 12.8. The Morgan fingerprint density at radius 2 is 2.10 bits per heavy atom. The fourth-order valence-corrected chi connectivity index (χ4v) is 2.43. The molecule has 0 spiro atoms. The topological polar surface area (TPSA) is 39.9 Å². The van der Waals surface area contributed by atoms with Crippen LogP contribution in [0.2, 0.25) is 0 Å². The Kier molecular flexibility index (Phi) is 3.73. The van der Waals surface area contributed by atoms with Gasteiger partial charge in [-0.2, -0.15) is 0 Å². The lowest BCUT2D eigenvalue weighted by molar-refractivity contribution is 0.305. The third-order valence-corrected chi connectivity index (χ3v) is 3.55. The third kappa shape index (κ3) is 3.21. The molecule has 1 aromatic carbocycles. The van der Waals surface area contributed by atoms with Crippen molar-refractivity contribution in [1.29, 1.82) is 0 Å². The van der Waals surface area contributed by atoms with E-state index >= 15 is 0 Å². The van der Waals surface area contributed by atoms with E-state index in [9.17, 15) is 4.39 Å². The molecule has 0 amide bonds. The van der Waals surface area contributed by atoms with Crippen LogP contribution in [0.1, 0.15) is 10.7 Å². The van der Waals surface area contributed by atoms with Gasteiger partial charge >= 0.3 is 0 Å². The zero-order valence-electron chi connectivity index (χ0n) is 10.6. The first kappa shape index (κ1) is 12.8. The Hall–Kier alpha value is -2.21. The first-order valence-corrected chi connectivity index (χ1v) is 6.95. The maximum Gasteiger partial charge on any atom is 0.140 e. The Morgan fingerprint density at radius 1 is 1.25 bits per heavy atom. The minimum absolute atomic E-state index is 0.269. The first-order valence-electron chi connectivity index (χ1n) is 6.07. The molecule has 0 unspecified atom stereocenters. The van der Waals surface area contributed by atoms with E-state index in [1.54, 1.807) is 36.0 Å². The normalized spacial score (nSPS) is 10.7. The number of nitrogens with zero attached hydrogens (tertiary/aromatic N) is 3. The molecule has 4 nitrogen and oxygen atoms in total. The molecule has 0 N–H and O–H groups in total. The zero-order chi connectivity index (χ0) is 13.8. The summed E-state index contributed by atoms with van der Waals surface area (Å²) in [4.78, 5) is 8.48. The van der Waals surface area contributed by atoms with Gasteiger partial charge in [-0.25, -0.2) is 14.4 Å². The van der Waals surface area contributed by atoms with Crippen LogP contribution in [-0.4, -0.2) is 14.5 Å². The second-order valence-corrected chi connectivity index (χ2v) is 5.15. The van der Waals surface area contributed by atoms with E-state index in [0.29, 0.717) is 18.9 Å². The Bertz CT molecular complexity index is 664. The summed E-state index contributed by atoms with van der Waals surface area (Å²) in [7, 11) is 0. The van der Waals surface area contributed by atoms with Crippen molar-refractivity contribution in [2.75, 3.05) is 0 Å². The number of ether oxygens (including phenoxy) is 1. The highest BCUT2D eigenvalue weighted by atomic mass is 32.1. The summed E-state index contributed by atoms with van der Waals surface area (Å²) in [5.74, 6) is 0.368. The molecule has 102 valence electrons. The zero-order valence-corrected chi connectivity index (χ0v) is 11.4. The number of rotatable bonds is 5. The molecule has 0 saturated carbocycles. The Morgan fingerprint density at radius 3 is 2.85 bits per heavy atom. The summed E-state index contributed by atoms with van der Waals surface area (Å²) in [5, 5.41) is 2.90. The highest BCUT2D eigenvalue weighted by Crippen LogP contribution is 2.16. The van der Waals surface area contributed by atoms with Crippen molar-refractivity contribution >= 4 is 11.3 Å². The second kappa shape index (κ2) is 5.83. The van der Waals surface area contributed by atoms with Crippen LogP contribution < -0.4 is 4.74 Å². The lowest BCUT2D eigenvalue weighted by atomic mass is 10.3. The van der Waals surface area contributed by atoms with Crippen LogP contribution in [0, 0.1) is 5.82 Å². The molecule has 0 aliphatic carbocycles. The number of halogens is 1. The number of hydrogen-bond acceptors (Lipinski definition) is 4. The van der Waals surface area contributed by atoms with Gasteiger partial charge in [0.05, 0.1) is 18.6 Å². The standard InChI is InChI=1S/C14H12FN3OS/c15-11-1-3-13(4-2-11)19-8-14-17-12(9-20-14)7-18-6-5-16-10-18/h1-6,9-10H,7-8H2. The van der Waals surface area contributed by atoms with Crippen molar-refractivity contribution in [1.82, 2.24) is 14.5 Å². The van der Waals surface area contributed by atoms with Gasteiger partial charge in [0, 0.05) is 17.8 Å². The van der Waals surface area contributed by atoms with E-state index in [2.05, 4.69) is 9.97 Å². The monoisotopic (exact) mass is 289 g/mol. The Balaban J connectivity index is 1.58. The van der Waals surface area contributed by atoms with Gasteiger partial charge in [-0.3, -0.25) is 0 Å². The molecule has 0 radical (unpaired) electrons. The van der Waals surface area contributed by atoms with Crippen LogP contribution in [0.4, 0.5) is 4.39 Å². The highest BCUT2D eigenvalue weighted by Gasteiger charge is 2.04. The van der Waals surface area contributed by atoms with Gasteiger partial charge in [0.15, 0.2) is 0 Å². The molecule has 3 aromatic rings. The van der Waals surface area contributed by atoms with Gasteiger partial charge in [-0.1, -0.05) is 0 Å². The minimum Gasteiger partial charge on any atom is -0.486 e. The van der Waals surface area contributed by atoms with Crippen LogP contribution in [0.5, 0.6) is 5.75 Å². The molecule has 2 heterocycles. The first-order chi connectivity index (χ1) is 9.79. The Labute approximate surface area is 119 Å². The fraction of sp³-hybridized carbons (Fsp3) is 0.143. The quantitative estimate of drug-likeness (QED) is 0.724. The van der Waals surface area contributed by atoms with Crippen molar-refractivity contribution in [3.05, 3.63) is 64.9 Å². The molecule has 20 heavy (non-hydrogen) atoms. The van der Waals surface area contributed by atoms with Gasteiger partial charge in [-0.05, 0) is 24.3 Å².